The van der Waals surface area contributed by atoms with E-state index < -0.39 is 11.7 Å². The summed E-state index contributed by atoms with van der Waals surface area (Å²) in [6, 6.07) is 4.37. The molecule has 2 nitrogen and oxygen atoms in total. The Balaban J connectivity index is 0.000000673. The van der Waals surface area contributed by atoms with Crippen molar-refractivity contribution in [2.24, 2.45) is 5.73 Å². The molecule has 0 fully saturated rings. The molecule has 1 aromatic carbocycles. The molecule has 90 valence electrons. The first-order valence-corrected chi connectivity index (χ1v) is 4.71. The molecule has 0 aromatic heterocycles. The van der Waals surface area contributed by atoms with Crippen LogP contribution in [0.5, 0.6) is 0 Å². The second-order valence-corrected chi connectivity index (χ2v) is 3.04. The molecule has 0 bridgehead atoms. The smallest absolute Gasteiger partial charge is 0.331 e. The van der Waals surface area contributed by atoms with Gasteiger partial charge in [0.05, 0.1) is 5.56 Å². The van der Waals surface area contributed by atoms with E-state index in [9.17, 15) is 18.0 Å². The Labute approximate surface area is 92.3 Å². The molecule has 0 amide bonds. The van der Waals surface area contributed by atoms with Crippen LogP contribution in [0.2, 0.25) is 0 Å². The summed E-state index contributed by atoms with van der Waals surface area (Å²) in [4.78, 5) is 10.8. The fraction of sp³-hybridized carbons (Fsp3) is 0.364. The third kappa shape index (κ3) is 4.93. The molecule has 0 atom stereocenters. The lowest BCUT2D eigenvalue weighted by atomic mass is 10.1. The molecule has 0 radical (unpaired) electrons. The van der Waals surface area contributed by atoms with Gasteiger partial charge < -0.3 is 5.73 Å². The van der Waals surface area contributed by atoms with Gasteiger partial charge >= 0.3 is 6.18 Å². The summed E-state index contributed by atoms with van der Waals surface area (Å²) < 4.78 is 36.4. The second-order valence-electron chi connectivity index (χ2n) is 3.04. The van der Waals surface area contributed by atoms with Gasteiger partial charge in [0.2, 0.25) is 0 Å². The monoisotopic (exact) mass is 233 g/mol. The van der Waals surface area contributed by atoms with E-state index in [2.05, 4.69) is 0 Å². The first-order chi connectivity index (χ1) is 7.32. The number of hydrogen-bond donors (Lipinski definition) is 1. The quantitative estimate of drug-likeness (QED) is 0.758. The summed E-state index contributed by atoms with van der Waals surface area (Å²) in [7, 11) is 0. The molecule has 0 aliphatic carbocycles. The van der Waals surface area contributed by atoms with E-state index in [1.165, 1.54) is 19.1 Å². The summed E-state index contributed by atoms with van der Waals surface area (Å²) in [6.45, 7) is 3.88. The minimum absolute atomic E-state index is 0.0785. The van der Waals surface area contributed by atoms with Crippen molar-refractivity contribution in [3.63, 3.8) is 0 Å². The molecule has 0 spiro atoms. The maximum absolute atomic E-state index is 12.1. The van der Waals surface area contributed by atoms with Gasteiger partial charge in [-0.05, 0) is 25.6 Å². The molecule has 0 saturated carbocycles. The predicted molar refractivity (Wildman–Crippen MR) is 56.2 cm³/mol. The molecule has 0 unspecified atom stereocenters. The van der Waals surface area contributed by atoms with E-state index in [1.54, 1.807) is 0 Å². The van der Waals surface area contributed by atoms with E-state index in [0.29, 0.717) is 0 Å². The van der Waals surface area contributed by atoms with Gasteiger partial charge in [-0.15, -0.1) is 0 Å². The average Bonchev–Trinajstić information content (AvgIpc) is 2.18. The highest BCUT2D eigenvalue weighted by molar-refractivity contribution is 5.94. The number of ketones is 1. The van der Waals surface area contributed by atoms with Crippen LogP contribution in [0.25, 0.3) is 0 Å². The van der Waals surface area contributed by atoms with Gasteiger partial charge in [-0.3, -0.25) is 4.79 Å². The summed E-state index contributed by atoms with van der Waals surface area (Å²) in [5, 5.41) is 0. The zero-order chi connectivity index (χ0) is 12.8. The number of alkyl halides is 3. The van der Waals surface area contributed by atoms with Crippen LogP contribution in [0, 0.1) is 0 Å². The lowest BCUT2D eigenvalue weighted by Crippen LogP contribution is -2.06. The molecular weight excluding hydrogens is 219 g/mol. The van der Waals surface area contributed by atoms with E-state index in [0.717, 1.165) is 18.7 Å². The number of rotatable bonds is 1. The number of hydrogen-bond acceptors (Lipinski definition) is 2. The average molecular weight is 233 g/mol. The van der Waals surface area contributed by atoms with Crippen LogP contribution in [-0.2, 0) is 6.18 Å². The fourth-order valence-corrected chi connectivity index (χ4v) is 0.915. The summed E-state index contributed by atoms with van der Waals surface area (Å²) in [5.74, 6) is -0.369. The Kier molecular flexibility index (Phi) is 5.74. The van der Waals surface area contributed by atoms with Crippen LogP contribution < -0.4 is 5.73 Å². The normalized spacial score (nSPS) is 10.4. The Bertz CT molecular complexity index is 347. The van der Waals surface area contributed by atoms with Gasteiger partial charge in [-0.25, -0.2) is 0 Å². The summed E-state index contributed by atoms with van der Waals surface area (Å²) >= 11 is 0. The van der Waals surface area contributed by atoms with Crippen molar-refractivity contribution >= 4 is 5.78 Å². The van der Waals surface area contributed by atoms with Crippen LogP contribution in [-0.4, -0.2) is 12.3 Å². The highest BCUT2D eigenvalue weighted by atomic mass is 19.4. The van der Waals surface area contributed by atoms with Crippen molar-refractivity contribution in [2.45, 2.75) is 20.0 Å². The molecule has 1 rings (SSSR count). The van der Waals surface area contributed by atoms with Gasteiger partial charge in [0.25, 0.3) is 0 Å². The van der Waals surface area contributed by atoms with Gasteiger partial charge in [0.1, 0.15) is 0 Å². The van der Waals surface area contributed by atoms with E-state index >= 15 is 0 Å². The Hall–Kier alpha value is -1.36. The van der Waals surface area contributed by atoms with E-state index in [-0.39, 0.29) is 11.3 Å². The minimum atomic E-state index is -4.38. The first kappa shape index (κ1) is 14.6. The molecule has 0 heterocycles. The third-order valence-electron chi connectivity index (χ3n) is 1.60. The maximum atomic E-state index is 12.1. The second kappa shape index (κ2) is 6.27. The molecule has 0 aliphatic heterocycles. The van der Waals surface area contributed by atoms with Gasteiger partial charge in [-0.1, -0.05) is 19.1 Å². The lowest BCUT2D eigenvalue weighted by Gasteiger charge is -2.06. The molecule has 0 saturated heterocycles. The Morgan fingerprint density at radius 1 is 1.38 bits per heavy atom. The van der Waals surface area contributed by atoms with Crippen LogP contribution >= 0.6 is 0 Å². The number of nitrogens with two attached hydrogens (primary N) is 1. The van der Waals surface area contributed by atoms with E-state index in [1.807, 2.05) is 6.92 Å². The van der Waals surface area contributed by atoms with Crippen LogP contribution in [0.4, 0.5) is 13.2 Å². The molecule has 0 aliphatic rings. The van der Waals surface area contributed by atoms with Crippen LogP contribution in [0.15, 0.2) is 24.3 Å². The van der Waals surface area contributed by atoms with Crippen molar-refractivity contribution in [1.82, 2.24) is 0 Å². The van der Waals surface area contributed by atoms with Crippen molar-refractivity contribution in [3.05, 3.63) is 35.4 Å². The molecule has 16 heavy (non-hydrogen) atoms. The van der Waals surface area contributed by atoms with Gasteiger partial charge in [0.15, 0.2) is 5.78 Å². The van der Waals surface area contributed by atoms with Crippen molar-refractivity contribution in [2.75, 3.05) is 6.54 Å². The summed E-state index contributed by atoms with van der Waals surface area (Å²) in [6.07, 6.45) is -4.38. The van der Waals surface area contributed by atoms with Crippen molar-refractivity contribution < 1.29 is 18.0 Å². The fourth-order valence-electron chi connectivity index (χ4n) is 0.915. The number of benzene rings is 1. The first-order valence-electron chi connectivity index (χ1n) is 4.71. The topological polar surface area (TPSA) is 43.1 Å². The zero-order valence-electron chi connectivity index (χ0n) is 9.14. The van der Waals surface area contributed by atoms with Crippen LogP contribution in [0.1, 0.15) is 29.8 Å². The van der Waals surface area contributed by atoms with Crippen molar-refractivity contribution in [1.29, 1.82) is 0 Å². The maximum Gasteiger partial charge on any atom is 0.416 e. The Morgan fingerprint density at radius 2 is 1.88 bits per heavy atom. The lowest BCUT2D eigenvalue weighted by molar-refractivity contribution is -0.137. The predicted octanol–water partition coefficient (Wildman–Crippen LogP) is 2.87. The Morgan fingerprint density at radius 3 is 2.25 bits per heavy atom. The number of carbonyl (C=O) groups is 1. The number of carbonyl (C=O) groups excluding carboxylic acids is 1. The number of Topliss-reactive ketones (excluding diaryl/α,β-unsaturated/α-hetero) is 1. The molecular formula is C11H14F3NO. The SMILES string of the molecule is CC(=O)c1cccc(C(F)(F)F)c1.CCN. The molecule has 2 N–H and O–H groups in total. The highest BCUT2D eigenvalue weighted by Gasteiger charge is 2.30. The van der Waals surface area contributed by atoms with Gasteiger partial charge in [-0.2, -0.15) is 13.2 Å². The summed E-state index contributed by atoms with van der Waals surface area (Å²) in [5.41, 5.74) is 4.13. The molecule has 5 heteroatoms. The highest BCUT2D eigenvalue weighted by Crippen LogP contribution is 2.29. The number of halogens is 3. The minimum Gasteiger partial charge on any atom is -0.331 e. The zero-order valence-corrected chi connectivity index (χ0v) is 9.14. The standard InChI is InChI=1S/C9H7F3O.C2H7N/c1-6(13)7-3-2-4-8(5-7)9(10,11)12;1-2-3/h2-5H,1H3;2-3H2,1H3. The van der Waals surface area contributed by atoms with Crippen molar-refractivity contribution in [3.8, 4) is 0 Å². The van der Waals surface area contributed by atoms with Crippen LogP contribution in [0.3, 0.4) is 0 Å². The largest absolute Gasteiger partial charge is 0.416 e. The third-order valence-corrected chi connectivity index (χ3v) is 1.60. The molecule has 1 aromatic rings. The van der Waals surface area contributed by atoms with E-state index in [4.69, 9.17) is 5.73 Å². The van der Waals surface area contributed by atoms with Gasteiger partial charge in [0, 0.05) is 5.56 Å².